The highest BCUT2D eigenvalue weighted by atomic mass is 16.7. The third-order valence-electron chi connectivity index (χ3n) is 2.27. The van der Waals surface area contributed by atoms with E-state index in [2.05, 4.69) is 4.84 Å². The zero-order valence-corrected chi connectivity index (χ0v) is 10.6. The number of hydrogen-bond donors (Lipinski definition) is 1. The molecule has 2 atom stereocenters. The average molecular weight is 235 g/mol. The summed E-state index contributed by atoms with van der Waals surface area (Å²) in [6, 6.07) is 0. The Morgan fingerprint density at radius 3 is 1.81 bits per heavy atom. The van der Waals surface area contributed by atoms with Crippen LogP contribution in [-0.2, 0) is 19.0 Å². The molecule has 0 aromatic rings. The molecule has 5 nitrogen and oxygen atoms in total. The van der Waals surface area contributed by atoms with Crippen LogP contribution in [0, 0.1) is 0 Å². The maximum Gasteiger partial charge on any atom is 0.174 e. The van der Waals surface area contributed by atoms with E-state index < -0.39 is 0 Å². The second kappa shape index (κ2) is 11.3. The highest BCUT2D eigenvalue weighted by molar-refractivity contribution is 4.43. The van der Waals surface area contributed by atoms with Gasteiger partial charge in [-0.05, 0) is 26.7 Å². The van der Waals surface area contributed by atoms with Gasteiger partial charge in [-0.2, -0.15) is 0 Å². The van der Waals surface area contributed by atoms with E-state index in [-0.39, 0.29) is 12.6 Å². The van der Waals surface area contributed by atoms with Crippen molar-refractivity contribution in [2.75, 3.05) is 20.3 Å². The second-order valence-corrected chi connectivity index (χ2v) is 3.66. The first-order valence-electron chi connectivity index (χ1n) is 5.82. The molecule has 0 aromatic carbocycles. The van der Waals surface area contributed by atoms with Gasteiger partial charge in [0.25, 0.3) is 0 Å². The maximum atomic E-state index is 5.36. The third kappa shape index (κ3) is 10.3. The first kappa shape index (κ1) is 15.8. The lowest BCUT2D eigenvalue weighted by Crippen LogP contribution is -2.17. The fraction of sp³-hybridized carbons (Fsp3) is 1.00. The van der Waals surface area contributed by atoms with Crippen LogP contribution in [0.4, 0.5) is 0 Å². The summed E-state index contributed by atoms with van der Waals surface area (Å²) < 4.78 is 15.6. The molecule has 0 saturated carbocycles. The van der Waals surface area contributed by atoms with E-state index in [1.54, 1.807) is 14.0 Å². The summed E-state index contributed by atoms with van der Waals surface area (Å²) in [6.07, 6.45) is 3.92. The minimum Gasteiger partial charge on any atom is -0.356 e. The monoisotopic (exact) mass is 235 g/mol. The van der Waals surface area contributed by atoms with E-state index in [9.17, 15) is 0 Å². The van der Waals surface area contributed by atoms with Gasteiger partial charge in [-0.25, -0.2) is 5.90 Å². The van der Waals surface area contributed by atoms with E-state index >= 15 is 0 Å². The predicted molar refractivity (Wildman–Crippen MR) is 61.6 cm³/mol. The Bertz CT molecular complexity index is 130. The Balaban J connectivity index is 3.04. The number of ether oxygens (including phenoxy) is 3. The maximum absolute atomic E-state index is 5.36. The Hall–Kier alpha value is -0.200. The van der Waals surface area contributed by atoms with E-state index in [0.717, 1.165) is 32.3 Å². The molecule has 0 amide bonds. The van der Waals surface area contributed by atoms with E-state index in [1.807, 2.05) is 6.92 Å². The van der Waals surface area contributed by atoms with Gasteiger partial charge in [0.15, 0.2) is 12.6 Å². The second-order valence-electron chi connectivity index (χ2n) is 3.66. The lowest BCUT2D eigenvalue weighted by Gasteiger charge is -2.11. The quantitative estimate of drug-likeness (QED) is 0.336. The van der Waals surface area contributed by atoms with Crippen molar-refractivity contribution in [3.8, 4) is 0 Å². The molecule has 0 rings (SSSR count). The van der Waals surface area contributed by atoms with Crippen molar-refractivity contribution in [1.29, 1.82) is 0 Å². The zero-order chi connectivity index (χ0) is 12.2. The van der Waals surface area contributed by atoms with Crippen LogP contribution in [-0.4, -0.2) is 32.9 Å². The Morgan fingerprint density at radius 2 is 1.38 bits per heavy atom. The molecule has 98 valence electrons. The summed E-state index contributed by atoms with van der Waals surface area (Å²) in [7, 11) is 1.64. The fourth-order valence-corrected chi connectivity index (χ4v) is 1.16. The van der Waals surface area contributed by atoms with Crippen LogP contribution in [0.1, 0.15) is 39.5 Å². The molecule has 2 N–H and O–H groups in total. The van der Waals surface area contributed by atoms with Crippen molar-refractivity contribution in [3.63, 3.8) is 0 Å². The zero-order valence-electron chi connectivity index (χ0n) is 10.6. The van der Waals surface area contributed by atoms with Gasteiger partial charge < -0.3 is 14.2 Å². The topological polar surface area (TPSA) is 62.9 Å². The smallest absolute Gasteiger partial charge is 0.174 e. The van der Waals surface area contributed by atoms with Crippen molar-refractivity contribution in [1.82, 2.24) is 0 Å². The Kier molecular flexibility index (Phi) is 11.1. The molecule has 0 aromatic heterocycles. The largest absolute Gasteiger partial charge is 0.356 e. The number of methoxy groups -OCH3 is 1. The summed E-state index contributed by atoms with van der Waals surface area (Å²) in [5.74, 6) is 4.94. The molecule has 0 aliphatic rings. The van der Waals surface area contributed by atoms with Crippen molar-refractivity contribution < 1.29 is 19.0 Å². The number of unbranched alkanes of at least 4 members (excludes halogenated alkanes) is 3. The standard InChI is InChI=1S/C11H25NO4/c1-10(13-3)14-8-6-4-5-7-9-15-11(2)16-12/h10-11H,4-9,12H2,1-3H3. The fourth-order valence-electron chi connectivity index (χ4n) is 1.16. The molecule has 16 heavy (non-hydrogen) atoms. The Morgan fingerprint density at radius 1 is 0.875 bits per heavy atom. The molecule has 0 aliphatic carbocycles. The molecular weight excluding hydrogens is 210 g/mol. The molecule has 0 fully saturated rings. The van der Waals surface area contributed by atoms with Crippen LogP contribution >= 0.6 is 0 Å². The van der Waals surface area contributed by atoms with Gasteiger partial charge in [0.2, 0.25) is 0 Å². The van der Waals surface area contributed by atoms with Gasteiger partial charge in [-0.3, -0.25) is 4.84 Å². The number of nitrogens with two attached hydrogens (primary N) is 1. The summed E-state index contributed by atoms with van der Waals surface area (Å²) in [5, 5.41) is 0. The Labute approximate surface area is 98.1 Å². The summed E-state index contributed by atoms with van der Waals surface area (Å²) >= 11 is 0. The predicted octanol–water partition coefficient (Wildman–Crippen LogP) is 1.81. The molecule has 0 radical (unpaired) electrons. The SMILES string of the molecule is COC(C)OCCCCCCOC(C)ON. The normalized spacial score (nSPS) is 15.0. The third-order valence-corrected chi connectivity index (χ3v) is 2.27. The number of hydrogen-bond acceptors (Lipinski definition) is 5. The van der Waals surface area contributed by atoms with Gasteiger partial charge in [0.05, 0.1) is 0 Å². The highest BCUT2D eigenvalue weighted by Gasteiger charge is 1.99. The molecule has 0 heterocycles. The number of rotatable bonds is 11. The molecule has 5 heteroatoms. The average Bonchev–Trinajstić information content (AvgIpc) is 2.31. The van der Waals surface area contributed by atoms with Crippen molar-refractivity contribution in [2.24, 2.45) is 5.90 Å². The van der Waals surface area contributed by atoms with Gasteiger partial charge in [-0.1, -0.05) is 12.8 Å². The van der Waals surface area contributed by atoms with Gasteiger partial charge in [-0.15, -0.1) is 0 Å². The first-order valence-corrected chi connectivity index (χ1v) is 5.82. The lowest BCUT2D eigenvalue weighted by atomic mass is 10.2. The van der Waals surface area contributed by atoms with Crippen LogP contribution in [0.3, 0.4) is 0 Å². The van der Waals surface area contributed by atoms with E-state index in [1.165, 1.54) is 0 Å². The highest BCUT2D eigenvalue weighted by Crippen LogP contribution is 2.03. The van der Waals surface area contributed by atoms with Crippen LogP contribution < -0.4 is 5.90 Å². The lowest BCUT2D eigenvalue weighted by molar-refractivity contribution is -0.133. The van der Waals surface area contributed by atoms with Crippen LogP contribution in [0.15, 0.2) is 0 Å². The van der Waals surface area contributed by atoms with Crippen LogP contribution in [0.5, 0.6) is 0 Å². The molecule has 0 spiro atoms. The van der Waals surface area contributed by atoms with Crippen molar-refractivity contribution in [2.45, 2.75) is 52.1 Å². The van der Waals surface area contributed by atoms with Crippen molar-refractivity contribution >= 4 is 0 Å². The van der Waals surface area contributed by atoms with Gasteiger partial charge >= 0.3 is 0 Å². The van der Waals surface area contributed by atoms with E-state index in [0.29, 0.717) is 6.61 Å². The molecule has 0 saturated heterocycles. The molecule has 0 aliphatic heterocycles. The first-order chi connectivity index (χ1) is 7.70. The summed E-state index contributed by atoms with van der Waals surface area (Å²) in [5.41, 5.74) is 0. The molecular formula is C11H25NO4. The minimum atomic E-state index is -0.314. The molecule has 2 unspecified atom stereocenters. The minimum absolute atomic E-state index is 0.106. The van der Waals surface area contributed by atoms with Crippen LogP contribution in [0.25, 0.3) is 0 Å². The molecule has 0 bridgehead atoms. The summed E-state index contributed by atoms with van der Waals surface area (Å²) in [6.45, 7) is 5.11. The van der Waals surface area contributed by atoms with Crippen LogP contribution in [0.2, 0.25) is 0 Å². The van der Waals surface area contributed by atoms with E-state index in [4.69, 9.17) is 20.1 Å². The summed E-state index contributed by atoms with van der Waals surface area (Å²) in [4.78, 5) is 4.48. The van der Waals surface area contributed by atoms with Gasteiger partial charge in [0, 0.05) is 20.3 Å². The van der Waals surface area contributed by atoms with Gasteiger partial charge in [0.1, 0.15) is 0 Å². The van der Waals surface area contributed by atoms with Crippen molar-refractivity contribution in [3.05, 3.63) is 0 Å².